The predicted octanol–water partition coefficient (Wildman–Crippen LogP) is 1.46. The van der Waals surface area contributed by atoms with E-state index in [1.807, 2.05) is 42.3 Å². The molecule has 1 heterocycles. The monoisotopic (exact) mass is 218 g/mol. The van der Waals surface area contributed by atoms with E-state index in [9.17, 15) is 4.79 Å². The summed E-state index contributed by atoms with van der Waals surface area (Å²) in [7, 11) is 4.00. The molecule has 1 atom stereocenters. The molecule has 3 nitrogen and oxygen atoms in total. The minimum absolute atomic E-state index is 0.126. The van der Waals surface area contributed by atoms with Crippen molar-refractivity contribution < 1.29 is 4.79 Å². The fraction of sp³-hybridized carbons (Fsp3) is 0.462. The number of likely N-dealkylation sites (tertiary alicyclic amines) is 1. The molecular weight excluding hydrogens is 200 g/mol. The van der Waals surface area contributed by atoms with E-state index in [0.717, 1.165) is 25.1 Å². The molecule has 1 saturated heterocycles. The van der Waals surface area contributed by atoms with Gasteiger partial charge in [-0.1, -0.05) is 18.2 Å². The number of rotatable bonds is 2. The first kappa shape index (κ1) is 11.1. The number of benzene rings is 1. The zero-order valence-electron chi connectivity index (χ0n) is 9.89. The van der Waals surface area contributed by atoms with Crippen molar-refractivity contribution in [2.24, 2.45) is 0 Å². The maximum Gasteiger partial charge on any atom is 0.253 e. The minimum atomic E-state index is 0.126. The summed E-state index contributed by atoms with van der Waals surface area (Å²) in [6.07, 6.45) is 1.07. The normalized spacial score (nSPS) is 21.0. The summed E-state index contributed by atoms with van der Waals surface area (Å²) in [5.74, 6) is 0.126. The van der Waals surface area contributed by atoms with E-state index >= 15 is 0 Å². The molecule has 2 rings (SSSR count). The Bertz CT molecular complexity index is 363. The lowest BCUT2D eigenvalue weighted by molar-refractivity contribution is 0.0737. The van der Waals surface area contributed by atoms with Gasteiger partial charge in [0, 0.05) is 25.2 Å². The van der Waals surface area contributed by atoms with Crippen LogP contribution in [0.1, 0.15) is 16.8 Å². The van der Waals surface area contributed by atoms with E-state index in [4.69, 9.17) is 0 Å². The fourth-order valence-electron chi connectivity index (χ4n) is 2.18. The summed E-state index contributed by atoms with van der Waals surface area (Å²) in [5.41, 5.74) is 0.777. The number of carbonyl (C=O) groups is 1. The topological polar surface area (TPSA) is 23.6 Å². The Morgan fingerprint density at radius 1 is 1.38 bits per heavy atom. The second kappa shape index (κ2) is 4.66. The largest absolute Gasteiger partial charge is 0.337 e. The highest BCUT2D eigenvalue weighted by atomic mass is 16.2. The fourth-order valence-corrected chi connectivity index (χ4v) is 2.18. The van der Waals surface area contributed by atoms with Crippen molar-refractivity contribution in [3.63, 3.8) is 0 Å². The smallest absolute Gasteiger partial charge is 0.253 e. The van der Waals surface area contributed by atoms with Crippen LogP contribution in [0.3, 0.4) is 0 Å². The third-order valence-corrected chi connectivity index (χ3v) is 3.26. The predicted molar refractivity (Wildman–Crippen MR) is 64.4 cm³/mol. The van der Waals surface area contributed by atoms with Crippen LogP contribution in [-0.2, 0) is 0 Å². The minimum Gasteiger partial charge on any atom is -0.337 e. The van der Waals surface area contributed by atoms with Crippen molar-refractivity contribution >= 4 is 5.91 Å². The number of hydrogen-bond donors (Lipinski definition) is 0. The van der Waals surface area contributed by atoms with Crippen LogP contribution in [0, 0.1) is 0 Å². The second-order valence-corrected chi connectivity index (χ2v) is 4.49. The zero-order valence-corrected chi connectivity index (χ0v) is 9.89. The SMILES string of the molecule is CN1CCC(N(C)C(=O)c2ccccc2)C1. The van der Waals surface area contributed by atoms with Crippen molar-refractivity contribution in [1.29, 1.82) is 0 Å². The second-order valence-electron chi connectivity index (χ2n) is 4.49. The molecule has 0 radical (unpaired) electrons. The molecule has 16 heavy (non-hydrogen) atoms. The van der Waals surface area contributed by atoms with Crippen LogP contribution in [0.5, 0.6) is 0 Å². The van der Waals surface area contributed by atoms with E-state index in [1.54, 1.807) is 0 Å². The highest BCUT2D eigenvalue weighted by molar-refractivity contribution is 5.94. The van der Waals surface area contributed by atoms with Gasteiger partial charge in [0.2, 0.25) is 0 Å². The third kappa shape index (κ3) is 2.25. The molecule has 86 valence electrons. The quantitative estimate of drug-likeness (QED) is 0.750. The molecule has 0 bridgehead atoms. The van der Waals surface area contributed by atoms with E-state index in [1.165, 1.54) is 0 Å². The van der Waals surface area contributed by atoms with Crippen LogP contribution < -0.4 is 0 Å². The van der Waals surface area contributed by atoms with Crippen LogP contribution in [0.25, 0.3) is 0 Å². The number of likely N-dealkylation sites (N-methyl/N-ethyl adjacent to an activating group) is 2. The Hall–Kier alpha value is -1.35. The molecule has 3 heteroatoms. The van der Waals surface area contributed by atoms with Gasteiger partial charge in [-0.3, -0.25) is 4.79 Å². The average molecular weight is 218 g/mol. The number of amides is 1. The summed E-state index contributed by atoms with van der Waals surface area (Å²) in [4.78, 5) is 16.3. The van der Waals surface area contributed by atoms with Crippen LogP contribution >= 0.6 is 0 Å². The molecule has 1 amide bonds. The zero-order chi connectivity index (χ0) is 11.5. The van der Waals surface area contributed by atoms with Crippen LogP contribution in [0.15, 0.2) is 30.3 Å². The summed E-state index contributed by atoms with van der Waals surface area (Å²) >= 11 is 0. The van der Waals surface area contributed by atoms with Crippen LogP contribution in [-0.4, -0.2) is 48.9 Å². The standard InChI is InChI=1S/C13H18N2O/c1-14-9-8-12(10-14)15(2)13(16)11-6-4-3-5-7-11/h3-7,12H,8-10H2,1-2H3. The van der Waals surface area contributed by atoms with E-state index < -0.39 is 0 Å². The van der Waals surface area contributed by atoms with Gasteiger partial charge in [-0.05, 0) is 32.1 Å². The summed E-state index contributed by atoms with van der Waals surface area (Å²) in [5, 5.41) is 0. The molecular formula is C13H18N2O. The molecule has 0 aromatic heterocycles. The first-order valence-corrected chi connectivity index (χ1v) is 5.69. The molecule has 1 aliphatic heterocycles. The van der Waals surface area contributed by atoms with Gasteiger partial charge in [0.1, 0.15) is 0 Å². The van der Waals surface area contributed by atoms with Crippen LogP contribution in [0.4, 0.5) is 0 Å². The first-order valence-electron chi connectivity index (χ1n) is 5.69. The Labute approximate surface area is 96.7 Å². The molecule has 1 fully saturated rings. The van der Waals surface area contributed by atoms with Gasteiger partial charge in [-0.15, -0.1) is 0 Å². The van der Waals surface area contributed by atoms with Crippen molar-refractivity contribution in [3.05, 3.63) is 35.9 Å². The molecule has 1 aromatic carbocycles. The van der Waals surface area contributed by atoms with Crippen molar-refractivity contribution in [2.75, 3.05) is 27.2 Å². The lowest BCUT2D eigenvalue weighted by Gasteiger charge is -2.24. The summed E-state index contributed by atoms with van der Waals surface area (Å²) < 4.78 is 0. The van der Waals surface area contributed by atoms with Crippen molar-refractivity contribution in [1.82, 2.24) is 9.80 Å². The van der Waals surface area contributed by atoms with Crippen LogP contribution in [0.2, 0.25) is 0 Å². The lowest BCUT2D eigenvalue weighted by Crippen LogP contribution is -2.38. The van der Waals surface area contributed by atoms with Gasteiger partial charge in [-0.25, -0.2) is 0 Å². The Morgan fingerprint density at radius 2 is 2.06 bits per heavy atom. The molecule has 0 aliphatic carbocycles. The summed E-state index contributed by atoms with van der Waals surface area (Å²) in [6, 6.07) is 9.84. The van der Waals surface area contributed by atoms with Crippen molar-refractivity contribution in [2.45, 2.75) is 12.5 Å². The average Bonchev–Trinajstić information content (AvgIpc) is 2.75. The van der Waals surface area contributed by atoms with Gasteiger partial charge < -0.3 is 9.80 Å². The Balaban J connectivity index is 2.05. The van der Waals surface area contributed by atoms with Gasteiger partial charge in [0.15, 0.2) is 0 Å². The number of nitrogens with zero attached hydrogens (tertiary/aromatic N) is 2. The maximum absolute atomic E-state index is 12.1. The highest BCUT2D eigenvalue weighted by Crippen LogP contribution is 2.15. The van der Waals surface area contributed by atoms with E-state index in [2.05, 4.69) is 11.9 Å². The Kier molecular flexibility index (Phi) is 3.25. The first-order chi connectivity index (χ1) is 7.68. The number of hydrogen-bond acceptors (Lipinski definition) is 2. The van der Waals surface area contributed by atoms with Gasteiger partial charge in [-0.2, -0.15) is 0 Å². The molecule has 0 saturated carbocycles. The third-order valence-electron chi connectivity index (χ3n) is 3.26. The maximum atomic E-state index is 12.1. The lowest BCUT2D eigenvalue weighted by atomic mass is 10.1. The molecule has 1 aromatic rings. The van der Waals surface area contributed by atoms with E-state index in [0.29, 0.717) is 6.04 Å². The molecule has 0 spiro atoms. The van der Waals surface area contributed by atoms with Gasteiger partial charge >= 0.3 is 0 Å². The molecule has 1 unspecified atom stereocenters. The van der Waals surface area contributed by atoms with Crippen molar-refractivity contribution in [3.8, 4) is 0 Å². The Morgan fingerprint density at radius 3 is 2.62 bits per heavy atom. The summed E-state index contributed by atoms with van der Waals surface area (Å²) in [6.45, 7) is 2.06. The van der Waals surface area contributed by atoms with Gasteiger partial charge in [0.05, 0.1) is 0 Å². The van der Waals surface area contributed by atoms with E-state index in [-0.39, 0.29) is 5.91 Å². The molecule has 0 N–H and O–H groups in total. The van der Waals surface area contributed by atoms with Gasteiger partial charge in [0.25, 0.3) is 5.91 Å². The highest BCUT2D eigenvalue weighted by Gasteiger charge is 2.26. The molecule has 1 aliphatic rings. The number of carbonyl (C=O) groups excluding carboxylic acids is 1.